The fraction of sp³-hybridized carbons (Fsp3) is 0.333. The summed E-state index contributed by atoms with van der Waals surface area (Å²) >= 11 is 10.7. The van der Waals surface area contributed by atoms with Crippen molar-refractivity contribution in [1.82, 2.24) is 20.1 Å². The second-order valence-electron chi connectivity index (χ2n) is 8.28. The SMILES string of the molecule is Cc1c(Br)ccc(NC(=O)CSc2nnc([C@H](NC(=O)c3ccc(Cl)cc3)C(C)C)n2C)c1C. The predicted molar refractivity (Wildman–Crippen MR) is 140 cm³/mol. The van der Waals surface area contributed by atoms with Crippen LogP contribution in [0, 0.1) is 19.8 Å². The first-order valence-corrected chi connectivity index (χ1v) is 12.9. The van der Waals surface area contributed by atoms with Gasteiger partial charge in [0.2, 0.25) is 5.91 Å². The fourth-order valence-electron chi connectivity index (χ4n) is 3.32. The van der Waals surface area contributed by atoms with Crippen molar-refractivity contribution in [3.8, 4) is 0 Å². The molecular weight excluding hydrogens is 538 g/mol. The number of halogens is 2. The summed E-state index contributed by atoms with van der Waals surface area (Å²) in [5, 5.41) is 15.7. The number of carbonyl (C=O) groups is 2. The lowest BCUT2D eigenvalue weighted by Gasteiger charge is -2.21. The van der Waals surface area contributed by atoms with Gasteiger partial charge in [-0.15, -0.1) is 10.2 Å². The lowest BCUT2D eigenvalue weighted by molar-refractivity contribution is -0.113. The minimum Gasteiger partial charge on any atom is -0.342 e. The number of hydrogen-bond donors (Lipinski definition) is 2. The van der Waals surface area contributed by atoms with Crippen molar-refractivity contribution in [2.75, 3.05) is 11.1 Å². The third-order valence-corrected chi connectivity index (χ3v) is 7.67. The van der Waals surface area contributed by atoms with Crippen molar-refractivity contribution in [1.29, 1.82) is 0 Å². The van der Waals surface area contributed by atoms with E-state index >= 15 is 0 Å². The topological polar surface area (TPSA) is 88.9 Å². The van der Waals surface area contributed by atoms with Gasteiger partial charge in [-0.25, -0.2) is 0 Å². The number of thioether (sulfide) groups is 1. The molecule has 1 heterocycles. The third-order valence-electron chi connectivity index (χ3n) is 5.53. The van der Waals surface area contributed by atoms with Crippen LogP contribution in [-0.2, 0) is 11.8 Å². The van der Waals surface area contributed by atoms with E-state index in [0.29, 0.717) is 21.6 Å². The number of benzene rings is 2. The molecule has 0 bridgehead atoms. The lowest BCUT2D eigenvalue weighted by Crippen LogP contribution is -2.33. The van der Waals surface area contributed by atoms with Gasteiger partial charge in [0.1, 0.15) is 0 Å². The van der Waals surface area contributed by atoms with Crippen LogP contribution in [0.4, 0.5) is 5.69 Å². The molecule has 180 valence electrons. The summed E-state index contributed by atoms with van der Waals surface area (Å²) in [5.41, 5.74) is 3.41. The molecule has 1 atom stereocenters. The van der Waals surface area contributed by atoms with E-state index < -0.39 is 0 Å². The average Bonchev–Trinajstić information content (AvgIpc) is 3.16. The lowest BCUT2D eigenvalue weighted by atomic mass is 10.0. The normalized spacial score (nSPS) is 12.0. The summed E-state index contributed by atoms with van der Waals surface area (Å²) in [6.07, 6.45) is 0. The molecule has 2 N–H and O–H groups in total. The van der Waals surface area contributed by atoms with Crippen LogP contribution in [0.1, 0.15) is 47.2 Å². The van der Waals surface area contributed by atoms with Crippen molar-refractivity contribution in [2.24, 2.45) is 13.0 Å². The van der Waals surface area contributed by atoms with E-state index in [1.807, 2.05) is 51.4 Å². The Balaban J connectivity index is 1.67. The molecule has 34 heavy (non-hydrogen) atoms. The quantitative estimate of drug-likeness (QED) is 0.342. The largest absolute Gasteiger partial charge is 0.342 e. The van der Waals surface area contributed by atoms with Gasteiger partial charge in [-0.2, -0.15) is 0 Å². The molecule has 0 saturated heterocycles. The smallest absolute Gasteiger partial charge is 0.251 e. The van der Waals surface area contributed by atoms with E-state index in [4.69, 9.17) is 11.6 Å². The molecule has 0 aliphatic carbocycles. The highest BCUT2D eigenvalue weighted by Gasteiger charge is 2.25. The number of hydrogen-bond acceptors (Lipinski definition) is 5. The summed E-state index contributed by atoms with van der Waals surface area (Å²) in [5.74, 6) is 0.538. The molecule has 0 aliphatic rings. The van der Waals surface area contributed by atoms with Crippen LogP contribution in [0.5, 0.6) is 0 Å². The second-order valence-corrected chi connectivity index (χ2v) is 10.5. The number of nitrogens with zero attached hydrogens (tertiary/aromatic N) is 3. The Morgan fingerprint density at radius 2 is 1.76 bits per heavy atom. The van der Waals surface area contributed by atoms with Crippen LogP contribution in [0.15, 0.2) is 46.0 Å². The van der Waals surface area contributed by atoms with Gasteiger partial charge in [0.05, 0.1) is 11.8 Å². The third kappa shape index (κ3) is 6.20. The highest BCUT2D eigenvalue weighted by molar-refractivity contribution is 9.10. The number of nitrogens with one attached hydrogen (secondary N) is 2. The Kier molecular flexibility index (Phi) is 8.78. The molecule has 3 aromatic rings. The minimum atomic E-state index is -0.350. The predicted octanol–water partition coefficient (Wildman–Crippen LogP) is 5.71. The number of amides is 2. The number of aromatic nitrogens is 3. The van der Waals surface area contributed by atoms with E-state index in [9.17, 15) is 9.59 Å². The summed E-state index contributed by atoms with van der Waals surface area (Å²) in [7, 11) is 1.83. The van der Waals surface area contributed by atoms with Crippen LogP contribution >= 0.6 is 39.3 Å². The molecule has 0 saturated carbocycles. The summed E-state index contributed by atoms with van der Waals surface area (Å²) in [4.78, 5) is 25.3. The monoisotopic (exact) mass is 563 g/mol. The number of anilines is 1. The summed E-state index contributed by atoms with van der Waals surface area (Å²) < 4.78 is 2.83. The van der Waals surface area contributed by atoms with E-state index in [1.54, 1.807) is 24.3 Å². The van der Waals surface area contributed by atoms with E-state index in [1.165, 1.54) is 11.8 Å². The summed E-state index contributed by atoms with van der Waals surface area (Å²) in [6, 6.07) is 10.2. The molecule has 0 fully saturated rings. The fourth-order valence-corrected chi connectivity index (χ4v) is 4.59. The van der Waals surface area contributed by atoms with E-state index in [0.717, 1.165) is 21.3 Å². The maximum absolute atomic E-state index is 12.8. The summed E-state index contributed by atoms with van der Waals surface area (Å²) in [6.45, 7) is 7.98. The molecule has 0 aliphatic heterocycles. The standard InChI is InChI=1S/C24H27BrClN5O2S/c1-13(2)21(28-23(33)16-6-8-17(26)9-7-16)22-29-30-24(31(22)5)34-12-20(32)27-19-11-10-18(25)14(3)15(19)4/h6-11,13,21H,12H2,1-5H3,(H,27,32)(H,28,33)/t21-/m1/s1. The zero-order chi connectivity index (χ0) is 25.0. The Labute approximate surface area is 217 Å². The van der Waals surface area contributed by atoms with Gasteiger partial charge in [-0.05, 0) is 67.3 Å². The Bertz CT molecular complexity index is 1200. The van der Waals surface area contributed by atoms with Crippen LogP contribution in [0.25, 0.3) is 0 Å². The van der Waals surface area contributed by atoms with Crippen LogP contribution in [0.3, 0.4) is 0 Å². The van der Waals surface area contributed by atoms with E-state index in [2.05, 4.69) is 36.8 Å². The molecule has 0 spiro atoms. The average molecular weight is 565 g/mol. The van der Waals surface area contributed by atoms with Gasteiger partial charge < -0.3 is 15.2 Å². The molecule has 10 heteroatoms. The highest BCUT2D eigenvalue weighted by atomic mass is 79.9. The van der Waals surface area contributed by atoms with Crippen molar-refractivity contribution >= 4 is 56.8 Å². The van der Waals surface area contributed by atoms with Crippen molar-refractivity contribution in [2.45, 2.75) is 38.9 Å². The Morgan fingerprint density at radius 1 is 1.09 bits per heavy atom. The Hall–Kier alpha value is -2.36. The second kappa shape index (κ2) is 11.4. The van der Waals surface area contributed by atoms with Gasteiger partial charge in [0.15, 0.2) is 11.0 Å². The number of carbonyl (C=O) groups excluding carboxylic acids is 2. The van der Waals surface area contributed by atoms with Crippen LogP contribution in [-0.4, -0.2) is 32.3 Å². The van der Waals surface area contributed by atoms with Gasteiger partial charge in [0.25, 0.3) is 5.91 Å². The first-order valence-electron chi connectivity index (χ1n) is 10.7. The van der Waals surface area contributed by atoms with Crippen molar-refractivity contribution in [3.05, 3.63) is 68.4 Å². The van der Waals surface area contributed by atoms with Crippen molar-refractivity contribution < 1.29 is 9.59 Å². The molecule has 3 rings (SSSR count). The van der Waals surface area contributed by atoms with Crippen LogP contribution in [0.2, 0.25) is 5.02 Å². The molecule has 0 unspecified atom stereocenters. The van der Waals surface area contributed by atoms with E-state index in [-0.39, 0.29) is 29.5 Å². The minimum absolute atomic E-state index is 0.0731. The molecule has 1 aromatic heterocycles. The first kappa shape index (κ1) is 26.2. The van der Waals surface area contributed by atoms with Crippen molar-refractivity contribution in [3.63, 3.8) is 0 Å². The zero-order valence-electron chi connectivity index (χ0n) is 19.6. The maximum Gasteiger partial charge on any atom is 0.251 e. The van der Waals surface area contributed by atoms with Gasteiger partial charge >= 0.3 is 0 Å². The number of rotatable bonds is 8. The molecule has 0 radical (unpaired) electrons. The molecular formula is C24H27BrClN5O2S. The highest BCUT2D eigenvalue weighted by Crippen LogP contribution is 2.27. The maximum atomic E-state index is 12.8. The van der Waals surface area contributed by atoms with Gasteiger partial charge in [0, 0.05) is 27.8 Å². The molecule has 2 amide bonds. The Morgan fingerprint density at radius 3 is 2.41 bits per heavy atom. The van der Waals surface area contributed by atoms with Gasteiger partial charge in [-0.1, -0.05) is 53.1 Å². The van der Waals surface area contributed by atoms with Gasteiger partial charge in [-0.3, -0.25) is 9.59 Å². The first-order chi connectivity index (χ1) is 16.1. The molecule has 2 aromatic carbocycles. The molecule has 7 nitrogen and oxygen atoms in total. The zero-order valence-corrected chi connectivity index (χ0v) is 22.8. The van der Waals surface area contributed by atoms with Crippen LogP contribution < -0.4 is 10.6 Å².